The average Bonchev–Trinajstić information content (AvgIpc) is 2.51. The average molecular weight is 292 g/mol. The van der Waals surface area contributed by atoms with Gasteiger partial charge in [0.05, 0.1) is 5.56 Å². The summed E-state index contributed by atoms with van der Waals surface area (Å²) in [6, 6.07) is 0. The molecule has 0 aromatic carbocycles. The van der Waals surface area contributed by atoms with Crippen LogP contribution in [0.2, 0.25) is 0 Å². The van der Waals surface area contributed by atoms with E-state index in [-0.39, 0.29) is 5.91 Å². The number of hydrogen-bond acceptors (Lipinski definition) is 4. The number of nitrogens with zero attached hydrogens (tertiary/aromatic N) is 3. The number of unbranched alkanes of at least 4 members (excludes halogenated alkanes) is 2. The summed E-state index contributed by atoms with van der Waals surface area (Å²) >= 11 is 0. The molecule has 21 heavy (non-hydrogen) atoms. The van der Waals surface area contributed by atoms with Gasteiger partial charge in [0.2, 0.25) is 5.95 Å². The normalized spacial score (nSPS) is 10.4. The summed E-state index contributed by atoms with van der Waals surface area (Å²) in [4.78, 5) is 22.8. The van der Waals surface area contributed by atoms with Crippen molar-refractivity contribution in [3.05, 3.63) is 18.0 Å². The van der Waals surface area contributed by atoms with Gasteiger partial charge in [-0.15, -0.1) is 0 Å². The van der Waals surface area contributed by atoms with Gasteiger partial charge >= 0.3 is 0 Å². The van der Waals surface area contributed by atoms with Gasteiger partial charge in [-0.25, -0.2) is 9.97 Å². The van der Waals surface area contributed by atoms with Crippen molar-refractivity contribution in [2.75, 3.05) is 24.5 Å². The van der Waals surface area contributed by atoms with Crippen molar-refractivity contribution < 1.29 is 4.79 Å². The zero-order chi connectivity index (χ0) is 15.5. The molecule has 118 valence electrons. The molecule has 0 aliphatic rings. The van der Waals surface area contributed by atoms with Crippen LogP contribution in [0.15, 0.2) is 12.4 Å². The van der Waals surface area contributed by atoms with E-state index in [1.54, 1.807) is 12.4 Å². The second-order valence-electron chi connectivity index (χ2n) is 5.22. The van der Waals surface area contributed by atoms with E-state index >= 15 is 0 Å². The van der Waals surface area contributed by atoms with E-state index in [1.165, 1.54) is 0 Å². The Morgan fingerprint density at radius 1 is 1.05 bits per heavy atom. The molecule has 5 nitrogen and oxygen atoms in total. The van der Waals surface area contributed by atoms with E-state index < -0.39 is 0 Å². The van der Waals surface area contributed by atoms with Crippen LogP contribution in [0.3, 0.4) is 0 Å². The van der Waals surface area contributed by atoms with Gasteiger partial charge in [0.15, 0.2) is 0 Å². The van der Waals surface area contributed by atoms with Crippen molar-refractivity contribution in [2.24, 2.45) is 0 Å². The number of rotatable bonds is 10. The highest BCUT2D eigenvalue weighted by atomic mass is 16.1. The molecule has 0 radical (unpaired) electrons. The first kappa shape index (κ1) is 17.4. The Balaban J connectivity index is 2.57. The molecule has 0 saturated carbocycles. The van der Waals surface area contributed by atoms with Crippen molar-refractivity contribution in [3.8, 4) is 0 Å². The fraction of sp³-hybridized carbons (Fsp3) is 0.688. The zero-order valence-corrected chi connectivity index (χ0v) is 13.6. The van der Waals surface area contributed by atoms with E-state index in [0.29, 0.717) is 18.1 Å². The summed E-state index contributed by atoms with van der Waals surface area (Å²) in [5.74, 6) is 0.622. The Morgan fingerprint density at radius 3 is 2.19 bits per heavy atom. The maximum Gasteiger partial charge on any atom is 0.254 e. The number of carbonyl (C=O) groups excluding carboxylic acids is 1. The van der Waals surface area contributed by atoms with Crippen LogP contribution in [0.1, 0.15) is 63.2 Å². The quantitative estimate of drug-likeness (QED) is 0.673. The third kappa shape index (κ3) is 6.10. The Labute approximate surface area is 128 Å². The summed E-state index contributed by atoms with van der Waals surface area (Å²) in [5, 5.41) is 2.90. The number of hydrogen-bond donors (Lipinski definition) is 1. The summed E-state index contributed by atoms with van der Waals surface area (Å²) in [7, 11) is 0. The number of anilines is 1. The molecule has 1 N–H and O–H groups in total. The monoisotopic (exact) mass is 292 g/mol. The Hall–Kier alpha value is -1.65. The first-order valence-corrected chi connectivity index (χ1v) is 8.08. The fourth-order valence-corrected chi connectivity index (χ4v) is 2.13. The second kappa shape index (κ2) is 10.1. The van der Waals surface area contributed by atoms with E-state index in [9.17, 15) is 4.79 Å². The minimum atomic E-state index is -0.0878. The van der Waals surface area contributed by atoms with Crippen molar-refractivity contribution in [2.45, 2.75) is 52.9 Å². The molecular weight excluding hydrogens is 264 g/mol. The topological polar surface area (TPSA) is 58.1 Å². The van der Waals surface area contributed by atoms with Gasteiger partial charge in [0, 0.05) is 32.0 Å². The summed E-state index contributed by atoms with van der Waals surface area (Å²) < 4.78 is 0. The molecule has 0 unspecified atom stereocenters. The molecule has 0 aliphatic heterocycles. The van der Waals surface area contributed by atoms with Crippen LogP contribution in [0.4, 0.5) is 5.95 Å². The van der Waals surface area contributed by atoms with E-state index in [2.05, 4.69) is 41.0 Å². The zero-order valence-electron chi connectivity index (χ0n) is 13.6. The molecule has 1 aromatic rings. The highest BCUT2D eigenvalue weighted by Crippen LogP contribution is 2.08. The Morgan fingerprint density at radius 2 is 1.67 bits per heavy atom. The van der Waals surface area contributed by atoms with E-state index in [0.717, 1.165) is 45.2 Å². The van der Waals surface area contributed by atoms with Gasteiger partial charge in [0.1, 0.15) is 0 Å². The predicted molar refractivity (Wildman–Crippen MR) is 86.7 cm³/mol. The van der Waals surface area contributed by atoms with E-state index in [4.69, 9.17) is 0 Å². The highest BCUT2D eigenvalue weighted by molar-refractivity contribution is 5.93. The van der Waals surface area contributed by atoms with Crippen molar-refractivity contribution in [1.82, 2.24) is 15.3 Å². The Kier molecular flexibility index (Phi) is 8.40. The van der Waals surface area contributed by atoms with Crippen LogP contribution < -0.4 is 10.2 Å². The molecule has 1 aromatic heterocycles. The molecule has 0 atom stereocenters. The maximum absolute atomic E-state index is 11.9. The smallest absolute Gasteiger partial charge is 0.254 e. The molecule has 0 spiro atoms. The standard InChI is InChI=1S/C16H28N4O/c1-4-7-8-9-17-15(21)14-12-18-16(19-13-14)20(10-5-2)11-6-3/h12-13H,4-11H2,1-3H3,(H,17,21). The lowest BCUT2D eigenvalue weighted by Gasteiger charge is -2.21. The molecule has 0 aliphatic carbocycles. The van der Waals surface area contributed by atoms with Crippen LogP contribution in [0.5, 0.6) is 0 Å². The van der Waals surface area contributed by atoms with Gasteiger partial charge in [-0.3, -0.25) is 4.79 Å². The van der Waals surface area contributed by atoms with Gasteiger partial charge in [0.25, 0.3) is 5.91 Å². The first-order valence-electron chi connectivity index (χ1n) is 8.08. The lowest BCUT2D eigenvalue weighted by Crippen LogP contribution is -2.28. The van der Waals surface area contributed by atoms with Crippen LogP contribution in [0.25, 0.3) is 0 Å². The van der Waals surface area contributed by atoms with Crippen LogP contribution in [-0.4, -0.2) is 35.5 Å². The highest BCUT2D eigenvalue weighted by Gasteiger charge is 2.10. The summed E-state index contributed by atoms with van der Waals surface area (Å²) in [6.07, 6.45) is 8.66. The number of aromatic nitrogens is 2. The lowest BCUT2D eigenvalue weighted by atomic mass is 10.2. The van der Waals surface area contributed by atoms with Gasteiger partial charge in [-0.2, -0.15) is 0 Å². The molecule has 0 fully saturated rings. The van der Waals surface area contributed by atoms with Crippen LogP contribution >= 0.6 is 0 Å². The predicted octanol–water partition coefficient (Wildman–Crippen LogP) is 3.02. The van der Waals surface area contributed by atoms with Crippen LogP contribution in [0, 0.1) is 0 Å². The first-order chi connectivity index (χ1) is 10.2. The molecule has 1 amide bonds. The van der Waals surface area contributed by atoms with Crippen molar-refractivity contribution in [3.63, 3.8) is 0 Å². The van der Waals surface area contributed by atoms with Gasteiger partial charge in [-0.05, 0) is 19.3 Å². The van der Waals surface area contributed by atoms with Gasteiger partial charge in [-0.1, -0.05) is 33.6 Å². The molecule has 0 bridgehead atoms. The summed E-state index contributed by atoms with van der Waals surface area (Å²) in [6.45, 7) is 9.02. The van der Waals surface area contributed by atoms with Crippen molar-refractivity contribution in [1.29, 1.82) is 0 Å². The fourth-order valence-electron chi connectivity index (χ4n) is 2.13. The maximum atomic E-state index is 11.9. The number of carbonyl (C=O) groups is 1. The molecule has 5 heteroatoms. The largest absolute Gasteiger partial charge is 0.352 e. The molecule has 1 rings (SSSR count). The second-order valence-corrected chi connectivity index (χ2v) is 5.22. The minimum Gasteiger partial charge on any atom is -0.352 e. The van der Waals surface area contributed by atoms with Crippen molar-refractivity contribution >= 4 is 11.9 Å². The molecule has 0 saturated heterocycles. The van der Waals surface area contributed by atoms with Crippen LogP contribution in [-0.2, 0) is 0 Å². The lowest BCUT2D eigenvalue weighted by molar-refractivity contribution is 0.0952. The summed E-state index contributed by atoms with van der Waals surface area (Å²) in [5.41, 5.74) is 0.531. The Bertz CT molecular complexity index is 399. The van der Waals surface area contributed by atoms with Gasteiger partial charge < -0.3 is 10.2 Å². The molecule has 1 heterocycles. The minimum absolute atomic E-state index is 0.0878. The molecular formula is C16H28N4O. The number of nitrogens with one attached hydrogen (secondary N) is 1. The SMILES string of the molecule is CCCCCNC(=O)c1cnc(N(CCC)CCC)nc1. The van der Waals surface area contributed by atoms with E-state index in [1.807, 2.05) is 0 Å². The third-order valence-electron chi connectivity index (χ3n) is 3.24. The number of amides is 1. The third-order valence-corrected chi connectivity index (χ3v) is 3.24.